The van der Waals surface area contributed by atoms with E-state index in [0.717, 1.165) is 6.54 Å². The molecule has 18 heavy (non-hydrogen) atoms. The average molecular weight is 325 g/mol. The van der Waals surface area contributed by atoms with Gasteiger partial charge < -0.3 is 21.9 Å². The first-order valence-electron chi connectivity index (χ1n) is 6.17. The lowest BCUT2D eigenvalue weighted by atomic mass is 10.3. The lowest BCUT2D eigenvalue weighted by molar-refractivity contribution is -0.688. The van der Waals surface area contributed by atoms with Crippen LogP contribution in [0.3, 0.4) is 0 Å². The molecule has 2 aromatic heterocycles. The summed E-state index contributed by atoms with van der Waals surface area (Å²) in [5.41, 5.74) is 2.75. The summed E-state index contributed by atoms with van der Waals surface area (Å²) < 4.78 is 2.24. The van der Waals surface area contributed by atoms with Crippen molar-refractivity contribution in [3.63, 3.8) is 0 Å². The van der Waals surface area contributed by atoms with Crippen LogP contribution in [0.4, 0.5) is 5.69 Å². The lowest BCUT2D eigenvalue weighted by Crippen LogP contribution is -3.00. The van der Waals surface area contributed by atoms with E-state index in [2.05, 4.69) is 50.8 Å². The van der Waals surface area contributed by atoms with Gasteiger partial charge in [0.05, 0.1) is 0 Å². The van der Waals surface area contributed by atoms with Crippen LogP contribution in [0.1, 0.15) is 18.4 Å². The Kier molecular flexibility index (Phi) is 4.78. The molecule has 2 aromatic rings. The van der Waals surface area contributed by atoms with Crippen LogP contribution in [0.15, 0.2) is 41.4 Å². The average Bonchev–Trinajstić information content (AvgIpc) is 3.01. The Labute approximate surface area is 123 Å². The monoisotopic (exact) mass is 324 g/mol. The Morgan fingerprint density at radius 3 is 2.44 bits per heavy atom. The highest BCUT2D eigenvalue weighted by molar-refractivity contribution is 7.07. The summed E-state index contributed by atoms with van der Waals surface area (Å²) in [5, 5.41) is 4.34. The summed E-state index contributed by atoms with van der Waals surface area (Å²) in [6, 6.07) is 6.65. The maximum atomic E-state index is 2.47. The zero-order valence-electron chi connectivity index (χ0n) is 10.3. The molecule has 4 heteroatoms. The van der Waals surface area contributed by atoms with Gasteiger partial charge in [0.1, 0.15) is 0 Å². The molecular weight excluding hydrogens is 308 g/mol. The molecule has 0 N–H and O–H groups in total. The highest BCUT2D eigenvalue weighted by Crippen LogP contribution is 2.18. The molecule has 0 bridgehead atoms. The molecular formula is C14H17BrN2S. The second kappa shape index (κ2) is 6.34. The van der Waals surface area contributed by atoms with E-state index in [1.165, 1.54) is 37.2 Å². The lowest BCUT2D eigenvalue weighted by Gasteiger charge is -2.16. The van der Waals surface area contributed by atoms with Gasteiger partial charge in [0.25, 0.3) is 0 Å². The minimum absolute atomic E-state index is 0. The molecule has 1 fully saturated rings. The quantitative estimate of drug-likeness (QED) is 0.702. The van der Waals surface area contributed by atoms with Crippen molar-refractivity contribution in [2.24, 2.45) is 0 Å². The van der Waals surface area contributed by atoms with Gasteiger partial charge in [0.2, 0.25) is 0 Å². The molecule has 2 nitrogen and oxygen atoms in total. The van der Waals surface area contributed by atoms with E-state index < -0.39 is 0 Å². The molecule has 0 radical (unpaired) electrons. The fourth-order valence-electron chi connectivity index (χ4n) is 2.33. The summed E-state index contributed by atoms with van der Waals surface area (Å²) in [6.07, 6.45) is 7.05. The van der Waals surface area contributed by atoms with Gasteiger partial charge >= 0.3 is 0 Å². The minimum Gasteiger partial charge on any atom is -1.00 e. The number of thiophene rings is 1. The molecule has 1 aliphatic heterocycles. The van der Waals surface area contributed by atoms with Gasteiger partial charge in [-0.25, -0.2) is 4.57 Å². The number of anilines is 1. The van der Waals surface area contributed by atoms with Crippen molar-refractivity contribution in [2.75, 3.05) is 18.0 Å². The molecule has 1 saturated heterocycles. The van der Waals surface area contributed by atoms with Crippen molar-refractivity contribution >= 4 is 17.0 Å². The first kappa shape index (κ1) is 13.6. The predicted molar refractivity (Wildman–Crippen MR) is 71.5 cm³/mol. The fourth-order valence-corrected chi connectivity index (χ4v) is 2.99. The number of halogens is 1. The van der Waals surface area contributed by atoms with Crippen LogP contribution >= 0.6 is 11.3 Å². The van der Waals surface area contributed by atoms with E-state index in [0.29, 0.717) is 0 Å². The standard InChI is InChI=1S/C14H17N2S.BrH/c1-2-7-16(6-1)14-3-8-15(9-4-14)11-13-5-10-17-12-13;/h3-5,8-10,12H,1-2,6-7,11H2;1H/q+1;/p-1. The van der Waals surface area contributed by atoms with Crippen LogP contribution in [-0.4, -0.2) is 13.1 Å². The second-order valence-corrected chi connectivity index (χ2v) is 5.33. The van der Waals surface area contributed by atoms with Crippen LogP contribution < -0.4 is 26.4 Å². The van der Waals surface area contributed by atoms with Gasteiger partial charge in [-0.05, 0) is 24.3 Å². The number of hydrogen-bond acceptors (Lipinski definition) is 2. The Morgan fingerprint density at radius 1 is 1.11 bits per heavy atom. The minimum atomic E-state index is 0. The summed E-state index contributed by atoms with van der Waals surface area (Å²) in [7, 11) is 0. The molecule has 0 saturated carbocycles. The van der Waals surface area contributed by atoms with E-state index >= 15 is 0 Å². The predicted octanol–water partition coefficient (Wildman–Crippen LogP) is -0.312. The highest BCUT2D eigenvalue weighted by atomic mass is 79.9. The van der Waals surface area contributed by atoms with Gasteiger partial charge in [-0.2, -0.15) is 11.3 Å². The van der Waals surface area contributed by atoms with Crippen LogP contribution in [0.5, 0.6) is 0 Å². The van der Waals surface area contributed by atoms with Gasteiger partial charge in [-0.3, -0.25) is 0 Å². The number of nitrogens with zero attached hydrogens (tertiary/aromatic N) is 2. The summed E-state index contributed by atoms with van der Waals surface area (Å²) in [5.74, 6) is 0. The molecule has 0 unspecified atom stereocenters. The normalized spacial score (nSPS) is 14.6. The van der Waals surface area contributed by atoms with Crippen molar-refractivity contribution in [3.8, 4) is 0 Å². The highest BCUT2D eigenvalue weighted by Gasteiger charge is 2.13. The van der Waals surface area contributed by atoms with Gasteiger partial charge in [0.15, 0.2) is 18.9 Å². The van der Waals surface area contributed by atoms with Crippen LogP contribution in [0, 0.1) is 0 Å². The zero-order chi connectivity index (χ0) is 11.5. The summed E-state index contributed by atoms with van der Waals surface area (Å²) >= 11 is 1.76. The van der Waals surface area contributed by atoms with Crippen molar-refractivity contribution in [2.45, 2.75) is 19.4 Å². The van der Waals surface area contributed by atoms with Crippen molar-refractivity contribution in [1.29, 1.82) is 0 Å². The van der Waals surface area contributed by atoms with E-state index in [4.69, 9.17) is 0 Å². The van der Waals surface area contributed by atoms with Crippen LogP contribution in [-0.2, 0) is 6.54 Å². The maximum absolute atomic E-state index is 2.47. The van der Waals surface area contributed by atoms with E-state index in [1.807, 2.05) is 0 Å². The van der Waals surface area contributed by atoms with Gasteiger partial charge in [-0.15, -0.1) is 0 Å². The Hall–Kier alpha value is -0.870. The Morgan fingerprint density at radius 2 is 1.83 bits per heavy atom. The zero-order valence-corrected chi connectivity index (χ0v) is 12.7. The Bertz CT molecular complexity index is 461. The molecule has 0 amide bonds. The van der Waals surface area contributed by atoms with Crippen molar-refractivity contribution in [3.05, 3.63) is 46.9 Å². The maximum Gasteiger partial charge on any atom is 0.174 e. The van der Waals surface area contributed by atoms with Gasteiger partial charge in [-0.1, -0.05) is 0 Å². The second-order valence-electron chi connectivity index (χ2n) is 4.55. The number of rotatable bonds is 3. The largest absolute Gasteiger partial charge is 1.00 e. The van der Waals surface area contributed by atoms with E-state index in [-0.39, 0.29) is 17.0 Å². The smallest absolute Gasteiger partial charge is 0.174 e. The summed E-state index contributed by atoms with van der Waals surface area (Å²) in [4.78, 5) is 2.47. The number of hydrogen-bond donors (Lipinski definition) is 0. The summed E-state index contributed by atoms with van der Waals surface area (Å²) in [6.45, 7) is 3.41. The van der Waals surface area contributed by atoms with Crippen LogP contribution in [0.2, 0.25) is 0 Å². The first-order chi connectivity index (χ1) is 8.42. The van der Waals surface area contributed by atoms with Crippen molar-refractivity contribution < 1.29 is 21.5 Å². The van der Waals surface area contributed by atoms with E-state index in [1.54, 1.807) is 11.3 Å². The van der Waals surface area contributed by atoms with Gasteiger partial charge in [0, 0.05) is 41.9 Å². The number of pyridine rings is 1. The molecule has 1 aliphatic rings. The third-order valence-corrected chi connectivity index (χ3v) is 4.02. The molecule has 0 aromatic carbocycles. The van der Waals surface area contributed by atoms with Crippen LogP contribution in [0.25, 0.3) is 0 Å². The third kappa shape index (κ3) is 3.12. The van der Waals surface area contributed by atoms with E-state index in [9.17, 15) is 0 Å². The molecule has 3 rings (SSSR count). The first-order valence-corrected chi connectivity index (χ1v) is 7.11. The SMILES string of the molecule is [Br-].c1cc(C[n+]2ccc(N3CCCC3)cc2)cs1. The van der Waals surface area contributed by atoms with Crippen molar-refractivity contribution in [1.82, 2.24) is 0 Å². The molecule has 3 heterocycles. The molecule has 96 valence electrons. The Balaban J connectivity index is 0.00000120. The number of aromatic nitrogens is 1. The third-order valence-electron chi connectivity index (χ3n) is 3.29. The molecule has 0 aliphatic carbocycles. The fraction of sp³-hybridized carbons (Fsp3) is 0.357. The molecule has 0 atom stereocenters. The molecule has 0 spiro atoms. The topological polar surface area (TPSA) is 7.12 Å².